The zero-order chi connectivity index (χ0) is 14.1. The lowest BCUT2D eigenvalue weighted by Crippen LogP contribution is -2.30. The van der Waals surface area contributed by atoms with Crippen LogP contribution in [0.5, 0.6) is 0 Å². The number of ketones is 1. The fraction of sp³-hybridized carbons (Fsp3) is 0.529. The van der Waals surface area contributed by atoms with Crippen LogP contribution in [0.2, 0.25) is 0 Å². The summed E-state index contributed by atoms with van der Waals surface area (Å²) in [5, 5.41) is 0. The number of hydrogen-bond acceptors (Lipinski definition) is 3. The van der Waals surface area contributed by atoms with Gasteiger partial charge in [0.2, 0.25) is 5.78 Å². The van der Waals surface area contributed by atoms with Crippen molar-refractivity contribution in [3.63, 3.8) is 0 Å². The Morgan fingerprint density at radius 1 is 1.05 bits per heavy atom. The van der Waals surface area contributed by atoms with E-state index in [2.05, 4.69) is 16.9 Å². The summed E-state index contributed by atoms with van der Waals surface area (Å²) in [5.74, 6) is -1.26. The second-order valence-corrected chi connectivity index (χ2v) is 5.84. The van der Waals surface area contributed by atoms with E-state index < -0.39 is 5.97 Å². The van der Waals surface area contributed by atoms with Crippen molar-refractivity contribution in [2.24, 2.45) is 5.92 Å². The van der Waals surface area contributed by atoms with Gasteiger partial charge in [0.05, 0.1) is 7.11 Å². The lowest BCUT2D eigenvalue weighted by atomic mass is 9.76. The Morgan fingerprint density at radius 3 is 2.55 bits per heavy atom. The van der Waals surface area contributed by atoms with Gasteiger partial charge in [-0.05, 0) is 67.2 Å². The van der Waals surface area contributed by atoms with Crippen LogP contribution in [0.15, 0.2) is 12.1 Å². The van der Waals surface area contributed by atoms with E-state index in [-0.39, 0.29) is 11.7 Å². The Morgan fingerprint density at radius 2 is 1.75 bits per heavy atom. The van der Waals surface area contributed by atoms with Crippen LogP contribution in [0.25, 0.3) is 0 Å². The van der Waals surface area contributed by atoms with E-state index in [1.165, 1.54) is 55.0 Å². The largest absolute Gasteiger partial charge is 0.463 e. The zero-order valence-electron chi connectivity index (χ0n) is 11.9. The highest BCUT2D eigenvalue weighted by atomic mass is 16.5. The minimum absolute atomic E-state index is 0.198. The molecule has 3 heteroatoms. The van der Waals surface area contributed by atoms with E-state index in [0.717, 1.165) is 12.8 Å². The monoisotopic (exact) mass is 272 g/mol. The van der Waals surface area contributed by atoms with Crippen molar-refractivity contribution in [2.45, 2.75) is 44.9 Å². The summed E-state index contributed by atoms with van der Waals surface area (Å²) in [6.07, 6.45) is 7.31. The molecule has 0 aromatic heterocycles. The van der Waals surface area contributed by atoms with Crippen molar-refractivity contribution in [1.82, 2.24) is 0 Å². The second kappa shape index (κ2) is 5.39. The molecule has 1 atom stereocenters. The molecule has 106 valence electrons. The number of aryl methyl sites for hydroxylation is 1. The lowest BCUT2D eigenvalue weighted by Gasteiger charge is -2.28. The van der Waals surface area contributed by atoms with Crippen LogP contribution in [-0.4, -0.2) is 18.9 Å². The van der Waals surface area contributed by atoms with Crippen molar-refractivity contribution in [2.75, 3.05) is 7.11 Å². The molecule has 0 unspecified atom stereocenters. The average molecular weight is 272 g/mol. The fourth-order valence-corrected chi connectivity index (χ4v) is 3.63. The second-order valence-electron chi connectivity index (χ2n) is 5.84. The molecule has 3 rings (SSSR count). The number of carbonyl (C=O) groups excluding carboxylic acids is 2. The van der Waals surface area contributed by atoms with E-state index in [0.29, 0.717) is 6.42 Å². The van der Waals surface area contributed by atoms with Crippen molar-refractivity contribution in [1.29, 1.82) is 0 Å². The molecule has 1 aromatic carbocycles. The minimum Gasteiger partial charge on any atom is -0.463 e. The van der Waals surface area contributed by atoms with Gasteiger partial charge in [-0.25, -0.2) is 4.79 Å². The maximum Gasteiger partial charge on any atom is 0.374 e. The molecule has 0 N–H and O–H groups in total. The highest BCUT2D eigenvalue weighted by Crippen LogP contribution is 2.33. The van der Waals surface area contributed by atoms with Gasteiger partial charge >= 0.3 is 5.97 Å². The molecule has 2 aliphatic rings. The standard InChI is InChI=1S/C17H20O3/c1-20-17(19)16(18)13-8-9-15-12(10-13)7-6-11-4-2-3-5-14(11)15/h6-7,13H,2-5,8-10H2,1H3/t13-/m1/s1. The predicted octanol–water partition coefficient (Wildman–Crippen LogP) is 2.41. The van der Waals surface area contributed by atoms with Crippen molar-refractivity contribution >= 4 is 11.8 Å². The normalized spacial score (nSPS) is 20.8. The van der Waals surface area contributed by atoms with Gasteiger partial charge in [0.15, 0.2) is 0 Å². The summed E-state index contributed by atoms with van der Waals surface area (Å²) < 4.78 is 4.56. The van der Waals surface area contributed by atoms with Crippen LogP contribution in [0.1, 0.15) is 41.5 Å². The molecule has 0 saturated heterocycles. The first-order valence-electron chi connectivity index (χ1n) is 7.45. The first kappa shape index (κ1) is 13.3. The molecule has 0 heterocycles. The van der Waals surface area contributed by atoms with Crippen molar-refractivity contribution in [3.05, 3.63) is 34.4 Å². The molecular weight excluding hydrogens is 252 g/mol. The van der Waals surface area contributed by atoms with Crippen LogP contribution in [0.4, 0.5) is 0 Å². The van der Waals surface area contributed by atoms with Gasteiger partial charge in [0.1, 0.15) is 0 Å². The molecule has 2 aliphatic carbocycles. The molecule has 20 heavy (non-hydrogen) atoms. The summed E-state index contributed by atoms with van der Waals surface area (Å²) in [6, 6.07) is 4.38. The van der Waals surface area contributed by atoms with E-state index >= 15 is 0 Å². The number of hydrogen-bond donors (Lipinski definition) is 0. The van der Waals surface area contributed by atoms with Gasteiger partial charge < -0.3 is 4.74 Å². The highest BCUT2D eigenvalue weighted by Gasteiger charge is 2.31. The number of benzene rings is 1. The molecule has 0 aliphatic heterocycles. The van der Waals surface area contributed by atoms with E-state index in [4.69, 9.17) is 0 Å². The molecule has 0 spiro atoms. The van der Waals surface area contributed by atoms with Gasteiger partial charge in [0, 0.05) is 5.92 Å². The summed E-state index contributed by atoms with van der Waals surface area (Å²) in [7, 11) is 1.27. The SMILES string of the molecule is COC(=O)C(=O)[C@@H]1CCc2c(ccc3c2CCCC3)C1. The van der Waals surface area contributed by atoms with Gasteiger partial charge in [-0.2, -0.15) is 0 Å². The Bertz CT molecular complexity index is 560. The van der Waals surface area contributed by atoms with Gasteiger partial charge in [-0.15, -0.1) is 0 Å². The maximum atomic E-state index is 12.0. The Labute approximate surface area is 119 Å². The topological polar surface area (TPSA) is 43.4 Å². The number of Topliss-reactive ketones (excluding diaryl/α,β-unsaturated/α-hetero) is 1. The fourth-order valence-electron chi connectivity index (χ4n) is 3.63. The molecule has 0 bridgehead atoms. The molecule has 0 saturated carbocycles. The maximum absolute atomic E-state index is 12.0. The molecule has 0 fully saturated rings. The van der Waals surface area contributed by atoms with Gasteiger partial charge in [-0.3, -0.25) is 4.79 Å². The third-order valence-corrected chi connectivity index (χ3v) is 4.71. The highest BCUT2D eigenvalue weighted by molar-refractivity contribution is 6.34. The molecule has 0 amide bonds. The number of fused-ring (bicyclic) bond motifs is 3. The van der Waals surface area contributed by atoms with Crippen molar-refractivity contribution in [3.8, 4) is 0 Å². The Balaban J connectivity index is 1.86. The zero-order valence-corrected chi connectivity index (χ0v) is 11.9. The Hall–Kier alpha value is -1.64. The summed E-state index contributed by atoms with van der Waals surface area (Å²) in [5.41, 5.74) is 5.74. The third-order valence-electron chi connectivity index (χ3n) is 4.71. The smallest absolute Gasteiger partial charge is 0.374 e. The molecule has 3 nitrogen and oxygen atoms in total. The molecule has 0 radical (unpaired) electrons. The van der Waals surface area contributed by atoms with Crippen LogP contribution in [-0.2, 0) is 40.0 Å². The third kappa shape index (κ3) is 2.26. The summed E-state index contributed by atoms with van der Waals surface area (Å²) in [4.78, 5) is 23.3. The first-order chi connectivity index (χ1) is 9.70. The van der Waals surface area contributed by atoms with Gasteiger partial charge in [0.25, 0.3) is 0 Å². The number of methoxy groups -OCH3 is 1. The quantitative estimate of drug-likeness (QED) is 0.613. The van der Waals surface area contributed by atoms with Crippen LogP contribution >= 0.6 is 0 Å². The number of esters is 1. The van der Waals surface area contributed by atoms with E-state index in [1.54, 1.807) is 0 Å². The van der Waals surface area contributed by atoms with E-state index in [1.807, 2.05) is 0 Å². The molecule has 1 aromatic rings. The number of ether oxygens (including phenoxy) is 1. The molecular formula is C17H20O3. The number of carbonyl (C=O) groups is 2. The van der Waals surface area contributed by atoms with Crippen molar-refractivity contribution < 1.29 is 14.3 Å². The van der Waals surface area contributed by atoms with Crippen LogP contribution < -0.4 is 0 Å². The van der Waals surface area contributed by atoms with E-state index in [9.17, 15) is 9.59 Å². The summed E-state index contributed by atoms with van der Waals surface area (Å²) in [6.45, 7) is 0. The minimum atomic E-state index is -0.698. The van der Waals surface area contributed by atoms with Gasteiger partial charge in [-0.1, -0.05) is 12.1 Å². The average Bonchev–Trinajstić information content (AvgIpc) is 2.52. The number of rotatable bonds is 2. The van der Waals surface area contributed by atoms with Crippen LogP contribution in [0.3, 0.4) is 0 Å². The lowest BCUT2D eigenvalue weighted by molar-refractivity contribution is -0.153. The summed E-state index contributed by atoms with van der Waals surface area (Å²) >= 11 is 0. The predicted molar refractivity (Wildman–Crippen MR) is 75.6 cm³/mol. The Kier molecular flexibility index (Phi) is 3.60. The van der Waals surface area contributed by atoms with Crippen LogP contribution in [0, 0.1) is 5.92 Å². The first-order valence-corrected chi connectivity index (χ1v) is 7.45.